The standard InChI is InChI=1S/C13H18F2N2O2/c1-8(2)9(3)7-16-12-5-4-10(17(18)19)6-11(12)13(14)15/h4-6,8-9,13,16H,7H2,1-3H3. The Labute approximate surface area is 111 Å². The zero-order valence-corrected chi connectivity index (χ0v) is 11.2. The molecule has 0 aliphatic rings. The quantitative estimate of drug-likeness (QED) is 0.622. The molecule has 1 aromatic carbocycles. The Hall–Kier alpha value is -1.72. The number of halogens is 2. The van der Waals surface area contributed by atoms with Gasteiger partial charge in [-0.1, -0.05) is 20.8 Å². The average molecular weight is 272 g/mol. The lowest BCUT2D eigenvalue weighted by molar-refractivity contribution is -0.385. The van der Waals surface area contributed by atoms with E-state index in [0.29, 0.717) is 18.4 Å². The Bertz CT molecular complexity index is 450. The predicted octanol–water partition coefficient (Wildman–Crippen LogP) is 4.24. The van der Waals surface area contributed by atoms with Crippen LogP contribution in [-0.4, -0.2) is 11.5 Å². The van der Waals surface area contributed by atoms with Crippen molar-refractivity contribution < 1.29 is 13.7 Å². The summed E-state index contributed by atoms with van der Waals surface area (Å²) in [5.74, 6) is 0.751. The van der Waals surface area contributed by atoms with E-state index in [1.54, 1.807) is 0 Å². The maximum atomic E-state index is 12.9. The fraction of sp³-hybridized carbons (Fsp3) is 0.538. The van der Waals surface area contributed by atoms with Crippen LogP contribution in [0.5, 0.6) is 0 Å². The summed E-state index contributed by atoms with van der Waals surface area (Å²) in [7, 11) is 0. The zero-order valence-electron chi connectivity index (χ0n) is 11.2. The van der Waals surface area contributed by atoms with Crippen LogP contribution in [0.2, 0.25) is 0 Å². The van der Waals surface area contributed by atoms with Crippen molar-refractivity contribution in [3.63, 3.8) is 0 Å². The molecule has 0 aliphatic heterocycles. The third kappa shape index (κ3) is 4.15. The molecular weight excluding hydrogens is 254 g/mol. The summed E-state index contributed by atoms with van der Waals surface area (Å²) in [5, 5.41) is 13.5. The number of nitrogens with zero attached hydrogens (tertiary/aromatic N) is 1. The van der Waals surface area contributed by atoms with Crippen molar-refractivity contribution >= 4 is 11.4 Å². The van der Waals surface area contributed by atoms with Crippen LogP contribution in [0.15, 0.2) is 18.2 Å². The molecular formula is C13H18F2N2O2. The molecule has 0 bridgehead atoms. The third-order valence-electron chi connectivity index (χ3n) is 3.23. The zero-order chi connectivity index (χ0) is 14.6. The van der Waals surface area contributed by atoms with Crippen molar-refractivity contribution in [3.8, 4) is 0 Å². The molecule has 0 aliphatic carbocycles. The van der Waals surface area contributed by atoms with Gasteiger partial charge in [0.15, 0.2) is 0 Å². The summed E-state index contributed by atoms with van der Waals surface area (Å²) in [4.78, 5) is 9.91. The van der Waals surface area contributed by atoms with Gasteiger partial charge in [0.2, 0.25) is 0 Å². The molecule has 0 aromatic heterocycles. The third-order valence-corrected chi connectivity index (χ3v) is 3.23. The highest BCUT2D eigenvalue weighted by molar-refractivity contribution is 5.56. The van der Waals surface area contributed by atoms with E-state index in [1.165, 1.54) is 12.1 Å². The second-order valence-corrected chi connectivity index (χ2v) is 4.93. The number of rotatable bonds is 6. The lowest BCUT2D eigenvalue weighted by Crippen LogP contribution is -2.17. The van der Waals surface area contributed by atoms with Crippen LogP contribution >= 0.6 is 0 Å². The molecule has 0 fully saturated rings. The highest BCUT2D eigenvalue weighted by Crippen LogP contribution is 2.31. The van der Waals surface area contributed by atoms with Gasteiger partial charge in [0.1, 0.15) is 0 Å². The number of alkyl halides is 2. The average Bonchev–Trinajstić information content (AvgIpc) is 2.35. The Balaban J connectivity index is 2.91. The van der Waals surface area contributed by atoms with Crippen LogP contribution in [0.1, 0.15) is 32.8 Å². The lowest BCUT2D eigenvalue weighted by atomic mass is 9.98. The first kappa shape index (κ1) is 15.3. The van der Waals surface area contributed by atoms with Gasteiger partial charge in [0, 0.05) is 29.9 Å². The first-order valence-corrected chi connectivity index (χ1v) is 6.13. The van der Waals surface area contributed by atoms with Crippen LogP contribution < -0.4 is 5.32 Å². The largest absolute Gasteiger partial charge is 0.384 e. The van der Waals surface area contributed by atoms with Gasteiger partial charge in [0.25, 0.3) is 12.1 Å². The van der Waals surface area contributed by atoms with Gasteiger partial charge >= 0.3 is 0 Å². The summed E-state index contributed by atoms with van der Waals surface area (Å²) >= 11 is 0. The van der Waals surface area contributed by atoms with Gasteiger partial charge in [0.05, 0.1) is 4.92 Å². The smallest absolute Gasteiger partial charge is 0.270 e. The van der Waals surface area contributed by atoms with Crippen molar-refractivity contribution in [1.82, 2.24) is 0 Å². The van der Waals surface area contributed by atoms with Crippen LogP contribution in [-0.2, 0) is 0 Å². The molecule has 106 valence electrons. The maximum absolute atomic E-state index is 12.9. The van der Waals surface area contributed by atoms with Crippen molar-refractivity contribution in [1.29, 1.82) is 0 Å². The number of nitrogens with one attached hydrogen (secondary N) is 1. The molecule has 6 heteroatoms. The molecule has 4 nitrogen and oxygen atoms in total. The number of anilines is 1. The second-order valence-electron chi connectivity index (χ2n) is 4.93. The Morgan fingerprint density at radius 3 is 2.42 bits per heavy atom. The summed E-state index contributed by atoms with van der Waals surface area (Å²) in [6, 6.07) is 3.49. The van der Waals surface area contributed by atoms with Crippen LogP contribution in [0.3, 0.4) is 0 Å². The molecule has 1 atom stereocenters. The molecule has 0 saturated carbocycles. The SMILES string of the molecule is CC(C)C(C)CNc1ccc([N+](=O)[O-])cc1C(F)F. The normalized spacial score (nSPS) is 12.8. The molecule has 19 heavy (non-hydrogen) atoms. The maximum Gasteiger partial charge on any atom is 0.270 e. The molecule has 0 saturated heterocycles. The summed E-state index contributed by atoms with van der Waals surface area (Å²) in [5.41, 5.74) is -0.393. The molecule has 1 rings (SSSR count). The van der Waals surface area contributed by atoms with Crippen molar-refractivity contribution in [3.05, 3.63) is 33.9 Å². The van der Waals surface area contributed by atoms with E-state index in [1.807, 2.05) is 6.92 Å². The highest BCUT2D eigenvalue weighted by atomic mass is 19.3. The molecule has 1 unspecified atom stereocenters. The van der Waals surface area contributed by atoms with Crippen LogP contribution in [0.25, 0.3) is 0 Å². The van der Waals surface area contributed by atoms with E-state index < -0.39 is 11.3 Å². The van der Waals surface area contributed by atoms with Crippen LogP contribution in [0.4, 0.5) is 20.2 Å². The van der Waals surface area contributed by atoms with Gasteiger partial charge in [-0.05, 0) is 17.9 Å². The minimum Gasteiger partial charge on any atom is -0.384 e. The van der Waals surface area contributed by atoms with Gasteiger partial charge in [-0.2, -0.15) is 0 Å². The number of hydrogen-bond donors (Lipinski definition) is 1. The molecule has 0 spiro atoms. The van der Waals surface area contributed by atoms with Crippen LogP contribution in [0, 0.1) is 22.0 Å². The van der Waals surface area contributed by atoms with E-state index in [-0.39, 0.29) is 16.9 Å². The lowest BCUT2D eigenvalue weighted by Gasteiger charge is -2.18. The molecule has 1 N–H and O–H groups in total. The molecule has 0 radical (unpaired) electrons. The fourth-order valence-electron chi connectivity index (χ4n) is 1.51. The fourth-order valence-corrected chi connectivity index (χ4v) is 1.51. The minimum atomic E-state index is -2.74. The topological polar surface area (TPSA) is 55.2 Å². The second kappa shape index (κ2) is 6.45. The first-order valence-electron chi connectivity index (χ1n) is 6.13. The summed E-state index contributed by atoms with van der Waals surface area (Å²) in [6.45, 7) is 6.67. The van der Waals surface area contributed by atoms with E-state index >= 15 is 0 Å². The van der Waals surface area contributed by atoms with E-state index in [4.69, 9.17) is 0 Å². The van der Waals surface area contributed by atoms with Gasteiger partial charge in [-0.3, -0.25) is 10.1 Å². The minimum absolute atomic E-state index is 0.258. The van der Waals surface area contributed by atoms with E-state index in [2.05, 4.69) is 19.2 Å². The Kier molecular flexibility index (Phi) is 5.20. The van der Waals surface area contributed by atoms with Crippen molar-refractivity contribution in [2.45, 2.75) is 27.2 Å². The number of non-ortho nitro benzene ring substituents is 1. The number of nitro groups is 1. The molecule has 0 amide bonds. The highest BCUT2D eigenvalue weighted by Gasteiger charge is 2.18. The predicted molar refractivity (Wildman–Crippen MR) is 70.5 cm³/mol. The summed E-state index contributed by atoms with van der Waals surface area (Å²) in [6.07, 6.45) is -2.74. The van der Waals surface area contributed by atoms with Gasteiger partial charge < -0.3 is 5.32 Å². The van der Waals surface area contributed by atoms with Gasteiger partial charge in [-0.15, -0.1) is 0 Å². The summed E-state index contributed by atoms with van der Waals surface area (Å²) < 4.78 is 25.8. The monoisotopic (exact) mass is 272 g/mol. The van der Waals surface area contributed by atoms with Gasteiger partial charge in [-0.25, -0.2) is 8.78 Å². The number of hydrogen-bond acceptors (Lipinski definition) is 3. The first-order chi connectivity index (χ1) is 8.82. The molecule has 1 aromatic rings. The van der Waals surface area contributed by atoms with Crippen molar-refractivity contribution in [2.75, 3.05) is 11.9 Å². The van der Waals surface area contributed by atoms with Crippen molar-refractivity contribution in [2.24, 2.45) is 11.8 Å². The molecule has 0 heterocycles. The van der Waals surface area contributed by atoms with E-state index in [9.17, 15) is 18.9 Å². The number of nitro benzene ring substituents is 1. The number of benzene rings is 1. The Morgan fingerprint density at radius 1 is 1.32 bits per heavy atom. The van der Waals surface area contributed by atoms with E-state index in [0.717, 1.165) is 6.07 Å². The Morgan fingerprint density at radius 2 is 1.95 bits per heavy atom.